The summed E-state index contributed by atoms with van der Waals surface area (Å²) in [6.45, 7) is 5.31. The number of aromatic nitrogens is 1. The maximum atomic E-state index is 12.3. The van der Waals surface area contributed by atoms with Crippen LogP contribution in [0.15, 0.2) is 24.3 Å². The SMILES string of the molecule is CCOC(=O)c1ccc(Cl)cc1-c1cc(C)c2n1CCCC2. The Morgan fingerprint density at radius 3 is 2.91 bits per heavy atom. The molecule has 0 unspecified atom stereocenters. The highest BCUT2D eigenvalue weighted by molar-refractivity contribution is 6.31. The van der Waals surface area contributed by atoms with E-state index in [-0.39, 0.29) is 5.97 Å². The Morgan fingerprint density at radius 2 is 2.14 bits per heavy atom. The molecule has 1 aliphatic heterocycles. The summed E-state index contributed by atoms with van der Waals surface area (Å²) in [4.78, 5) is 12.3. The number of hydrogen-bond donors (Lipinski definition) is 0. The molecule has 0 aliphatic carbocycles. The molecule has 0 saturated carbocycles. The van der Waals surface area contributed by atoms with E-state index in [0.717, 1.165) is 24.2 Å². The first-order chi connectivity index (χ1) is 10.6. The molecule has 0 spiro atoms. The zero-order valence-electron chi connectivity index (χ0n) is 13.0. The van der Waals surface area contributed by atoms with Gasteiger partial charge in [0.1, 0.15) is 0 Å². The molecule has 2 aromatic rings. The third-order valence-corrected chi connectivity index (χ3v) is 4.46. The van der Waals surface area contributed by atoms with Gasteiger partial charge in [-0.15, -0.1) is 0 Å². The van der Waals surface area contributed by atoms with E-state index in [0.29, 0.717) is 17.2 Å². The highest BCUT2D eigenvalue weighted by Crippen LogP contribution is 2.33. The lowest BCUT2D eigenvalue weighted by Crippen LogP contribution is -2.13. The van der Waals surface area contributed by atoms with Crippen LogP contribution in [0.3, 0.4) is 0 Å². The number of ether oxygens (including phenoxy) is 1. The number of benzene rings is 1. The van der Waals surface area contributed by atoms with Gasteiger partial charge in [0, 0.05) is 28.5 Å². The Kier molecular flexibility index (Phi) is 4.25. The monoisotopic (exact) mass is 317 g/mol. The van der Waals surface area contributed by atoms with Crippen molar-refractivity contribution in [1.29, 1.82) is 0 Å². The normalized spacial score (nSPS) is 13.8. The number of aryl methyl sites for hydroxylation is 1. The minimum absolute atomic E-state index is 0.293. The first-order valence-electron chi connectivity index (χ1n) is 7.78. The van der Waals surface area contributed by atoms with E-state index >= 15 is 0 Å². The average molecular weight is 318 g/mol. The van der Waals surface area contributed by atoms with Crippen LogP contribution in [0.2, 0.25) is 5.02 Å². The van der Waals surface area contributed by atoms with Crippen LogP contribution in [0.25, 0.3) is 11.3 Å². The zero-order valence-corrected chi connectivity index (χ0v) is 13.7. The summed E-state index contributed by atoms with van der Waals surface area (Å²) in [5, 5.41) is 0.632. The molecule has 0 amide bonds. The molecule has 0 fully saturated rings. The average Bonchev–Trinajstić information content (AvgIpc) is 2.85. The Balaban J connectivity index is 2.16. The smallest absolute Gasteiger partial charge is 0.338 e. The lowest BCUT2D eigenvalue weighted by Gasteiger charge is -2.20. The fourth-order valence-corrected chi connectivity index (χ4v) is 3.38. The molecule has 3 rings (SSSR count). The fraction of sp³-hybridized carbons (Fsp3) is 0.389. The van der Waals surface area contributed by atoms with Crippen LogP contribution >= 0.6 is 11.6 Å². The van der Waals surface area contributed by atoms with E-state index in [4.69, 9.17) is 16.3 Å². The van der Waals surface area contributed by atoms with Crippen LogP contribution in [0.1, 0.15) is 41.4 Å². The van der Waals surface area contributed by atoms with Gasteiger partial charge in [0.2, 0.25) is 0 Å². The first kappa shape index (κ1) is 15.2. The summed E-state index contributed by atoms with van der Waals surface area (Å²) < 4.78 is 7.52. The van der Waals surface area contributed by atoms with Gasteiger partial charge in [-0.2, -0.15) is 0 Å². The largest absolute Gasteiger partial charge is 0.462 e. The minimum atomic E-state index is -0.293. The molecular formula is C18H20ClNO2. The predicted molar refractivity (Wildman–Crippen MR) is 88.5 cm³/mol. The summed E-state index contributed by atoms with van der Waals surface area (Å²) in [6.07, 6.45) is 3.50. The number of carbonyl (C=O) groups is 1. The van der Waals surface area contributed by atoms with Crippen molar-refractivity contribution < 1.29 is 9.53 Å². The molecule has 22 heavy (non-hydrogen) atoms. The third kappa shape index (κ3) is 2.66. The lowest BCUT2D eigenvalue weighted by molar-refractivity contribution is 0.0527. The molecule has 1 aromatic carbocycles. The Bertz CT molecular complexity index is 718. The van der Waals surface area contributed by atoms with E-state index in [1.807, 2.05) is 13.0 Å². The Labute approximate surface area is 135 Å². The van der Waals surface area contributed by atoms with E-state index in [1.165, 1.54) is 24.1 Å². The van der Waals surface area contributed by atoms with Crippen molar-refractivity contribution in [3.8, 4) is 11.3 Å². The minimum Gasteiger partial charge on any atom is -0.462 e. The van der Waals surface area contributed by atoms with E-state index in [2.05, 4.69) is 17.6 Å². The lowest BCUT2D eigenvalue weighted by atomic mass is 10.0. The van der Waals surface area contributed by atoms with Gasteiger partial charge in [-0.3, -0.25) is 0 Å². The van der Waals surface area contributed by atoms with Crippen molar-refractivity contribution in [2.45, 2.75) is 39.7 Å². The number of hydrogen-bond acceptors (Lipinski definition) is 2. The summed E-state index contributed by atoms with van der Waals surface area (Å²) >= 11 is 6.18. The van der Waals surface area contributed by atoms with Gasteiger partial charge in [0.25, 0.3) is 0 Å². The van der Waals surface area contributed by atoms with Crippen LogP contribution in [-0.4, -0.2) is 17.1 Å². The molecule has 3 nitrogen and oxygen atoms in total. The van der Waals surface area contributed by atoms with Crippen molar-refractivity contribution in [2.24, 2.45) is 0 Å². The van der Waals surface area contributed by atoms with E-state index < -0.39 is 0 Å². The number of rotatable bonds is 3. The van der Waals surface area contributed by atoms with Crippen molar-refractivity contribution in [3.63, 3.8) is 0 Å². The van der Waals surface area contributed by atoms with Crippen LogP contribution in [-0.2, 0) is 17.7 Å². The first-order valence-corrected chi connectivity index (χ1v) is 8.15. The fourth-order valence-electron chi connectivity index (χ4n) is 3.21. The summed E-state index contributed by atoms with van der Waals surface area (Å²) in [6, 6.07) is 7.53. The number of fused-ring (bicyclic) bond motifs is 1. The molecule has 2 heterocycles. The van der Waals surface area contributed by atoms with Crippen LogP contribution in [0, 0.1) is 6.92 Å². The summed E-state index contributed by atoms with van der Waals surface area (Å²) in [5.41, 5.74) is 5.16. The quantitative estimate of drug-likeness (QED) is 0.773. The van der Waals surface area contributed by atoms with Gasteiger partial charge in [0.15, 0.2) is 0 Å². The number of esters is 1. The Hall–Kier alpha value is -1.74. The highest BCUT2D eigenvalue weighted by Gasteiger charge is 2.21. The van der Waals surface area contributed by atoms with Crippen molar-refractivity contribution in [2.75, 3.05) is 6.61 Å². The third-order valence-electron chi connectivity index (χ3n) is 4.22. The van der Waals surface area contributed by atoms with Gasteiger partial charge in [0.05, 0.1) is 12.2 Å². The van der Waals surface area contributed by atoms with Crippen LogP contribution < -0.4 is 0 Å². The van der Waals surface area contributed by atoms with Gasteiger partial charge >= 0.3 is 5.97 Å². The van der Waals surface area contributed by atoms with Crippen LogP contribution in [0.5, 0.6) is 0 Å². The second-order valence-corrected chi connectivity index (χ2v) is 6.11. The van der Waals surface area contributed by atoms with Gasteiger partial charge in [-0.05, 0) is 62.9 Å². The second kappa shape index (κ2) is 6.17. The molecule has 0 atom stereocenters. The number of halogens is 1. The molecule has 0 saturated heterocycles. The van der Waals surface area contributed by atoms with E-state index in [1.54, 1.807) is 12.1 Å². The molecule has 4 heteroatoms. The number of carbonyl (C=O) groups excluding carboxylic acids is 1. The van der Waals surface area contributed by atoms with Crippen molar-refractivity contribution in [1.82, 2.24) is 4.57 Å². The molecule has 1 aliphatic rings. The molecule has 0 bridgehead atoms. The van der Waals surface area contributed by atoms with Crippen molar-refractivity contribution >= 4 is 17.6 Å². The maximum absolute atomic E-state index is 12.3. The summed E-state index contributed by atoms with van der Waals surface area (Å²) in [5.74, 6) is -0.293. The van der Waals surface area contributed by atoms with Gasteiger partial charge in [-0.25, -0.2) is 4.79 Å². The predicted octanol–water partition coefficient (Wildman–Crippen LogP) is 4.63. The molecule has 116 valence electrons. The van der Waals surface area contributed by atoms with Gasteiger partial charge in [-0.1, -0.05) is 11.6 Å². The standard InChI is InChI=1S/C18H20ClNO2/c1-3-22-18(21)14-8-7-13(19)11-15(14)17-10-12(2)16-6-4-5-9-20(16)17/h7-8,10-11H,3-6,9H2,1-2H3. The summed E-state index contributed by atoms with van der Waals surface area (Å²) in [7, 11) is 0. The van der Waals surface area contributed by atoms with E-state index in [9.17, 15) is 4.79 Å². The molecule has 0 radical (unpaired) electrons. The van der Waals surface area contributed by atoms with Crippen LogP contribution in [0.4, 0.5) is 0 Å². The van der Waals surface area contributed by atoms with Gasteiger partial charge < -0.3 is 9.30 Å². The zero-order chi connectivity index (χ0) is 15.7. The topological polar surface area (TPSA) is 31.2 Å². The second-order valence-electron chi connectivity index (χ2n) is 5.68. The molecule has 0 N–H and O–H groups in total. The van der Waals surface area contributed by atoms with Crippen molar-refractivity contribution in [3.05, 3.63) is 46.1 Å². The molecule has 1 aromatic heterocycles. The number of nitrogens with zero attached hydrogens (tertiary/aromatic N) is 1. The maximum Gasteiger partial charge on any atom is 0.338 e. The molecular weight excluding hydrogens is 298 g/mol. The Morgan fingerprint density at radius 1 is 1.32 bits per heavy atom. The highest BCUT2D eigenvalue weighted by atomic mass is 35.5.